The topological polar surface area (TPSA) is 49.3 Å². The molecule has 80 valence electrons. The van der Waals surface area contributed by atoms with Crippen molar-refractivity contribution in [1.29, 1.82) is 0 Å². The first-order valence-electron chi connectivity index (χ1n) is 5.23. The van der Waals surface area contributed by atoms with Crippen LogP contribution in [0.25, 0.3) is 6.08 Å². The van der Waals surface area contributed by atoms with Gasteiger partial charge in [0.15, 0.2) is 0 Å². The van der Waals surface area contributed by atoms with E-state index in [-0.39, 0.29) is 5.91 Å². The van der Waals surface area contributed by atoms with Gasteiger partial charge in [0.2, 0.25) is 0 Å². The number of nitrogens with one attached hydrogen (secondary N) is 1. The third-order valence-corrected chi connectivity index (χ3v) is 3.04. The molecule has 2 N–H and O–H groups in total. The van der Waals surface area contributed by atoms with Gasteiger partial charge in [-0.15, -0.1) is 0 Å². The van der Waals surface area contributed by atoms with E-state index >= 15 is 0 Å². The Kier molecular flexibility index (Phi) is 1.94. The van der Waals surface area contributed by atoms with Gasteiger partial charge in [-0.3, -0.25) is 4.79 Å². The second-order valence-electron chi connectivity index (χ2n) is 4.03. The van der Waals surface area contributed by atoms with Crippen LogP contribution in [0.4, 0.5) is 0 Å². The normalized spacial score (nSPS) is 21.9. The summed E-state index contributed by atoms with van der Waals surface area (Å²) < 4.78 is 0. The zero-order chi connectivity index (χ0) is 11.1. The number of carbonyl (C=O) groups excluding carboxylic acids is 1. The minimum atomic E-state index is -0.879. The molecule has 2 aliphatic rings. The maximum absolute atomic E-state index is 11.8. The predicted octanol–water partition coefficient (Wildman–Crippen LogP) is 1.24. The van der Waals surface area contributed by atoms with E-state index in [0.29, 0.717) is 12.0 Å². The summed E-state index contributed by atoms with van der Waals surface area (Å²) in [6.45, 7) is 0. The van der Waals surface area contributed by atoms with Crippen LogP contribution in [0.15, 0.2) is 35.9 Å². The van der Waals surface area contributed by atoms with Crippen molar-refractivity contribution in [3.8, 4) is 0 Å². The van der Waals surface area contributed by atoms with Crippen LogP contribution in [0.2, 0.25) is 0 Å². The lowest BCUT2D eigenvalue weighted by Crippen LogP contribution is -2.34. The second-order valence-corrected chi connectivity index (χ2v) is 4.03. The van der Waals surface area contributed by atoms with E-state index in [1.54, 1.807) is 6.07 Å². The van der Waals surface area contributed by atoms with Gasteiger partial charge in [0.25, 0.3) is 5.91 Å². The highest BCUT2D eigenvalue weighted by molar-refractivity contribution is 5.97. The first kappa shape index (κ1) is 9.36. The molecule has 3 rings (SSSR count). The van der Waals surface area contributed by atoms with Crippen LogP contribution in [-0.2, 0) is 6.42 Å². The summed E-state index contributed by atoms with van der Waals surface area (Å²) in [5, 5.41) is 12.4. The molecular formula is C13H11NO2. The number of aliphatic hydroxyl groups is 1. The third-order valence-electron chi connectivity index (χ3n) is 3.04. The fourth-order valence-corrected chi connectivity index (χ4v) is 2.19. The van der Waals surface area contributed by atoms with Gasteiger partial charge < -0.3 is 10.4 Å². The van der Waals surface area contributed by atoms with Gasteiger partial charge in [-0.1, -0.05) is 30.4 Å². The van der Waals surface area contributed by atoms with E-state index < -0.39 is 6.23 Å². The molecule has 1 unspecified atom stereocenters. The molecule has 3 nitrogen and oxygen atoms in total. The molecule has 0 fully saturated rings. The SMILES string of the molecule is O=C1NC(O)C2=CC=Cc3cccc1c3C2. The lowest BCUT2D eigenvalue weighted by Gasteiger charge is -2.11. The van der Waals surface area contributed by atoms with Gasteiger partial charge in [-0.05, 0) is 29.2 Å². The van der Waals surface area contributed by atoms with Crippen molar-refractivity contribution in [3.63, 3.8) is 0 Å². The molecule has 1 aliphatic heterocycles. The molecule has 1 atom stereocenters. The first-order chi connectivity index (χ1) is 7.75. The Hall–Kier alpha value is -1.87. The summed E-state index contributed by atoms with van der Waals surface area (Å²) in [5.41, 5.74) is 3.53. The van der Waals surface area contributed by atoms with Gasteiger partial charge >= 0.3 is 0 Å². The minimum absolute atomic E-state index is 0.206. The highest BCUT2D eigenvalue weighted by atomic mass is 16.3. The number of aliphatic hydroxyl groups excluding tert-OH is 1. The summed E-state index contributed by atoms with van der Waals surface area (Å²) >= 11 is 0. The Morgan fingerprint density at radius 1 is 1.38 bits per heavy atom. The predicted molar refractivity (Wildman–Crippen MR) is 60.7 cm³/mol. The molecule has 0 radical (unpaired) electrons. The van der Waals surface area contributed by atoms with Crippen molar-refractivity contribution in [3.05, 3.63) is 52.6 Å². The molecule has 0 saturated carbocycles. The number of allylic oxidation sites excluding steroid dienone is 2. The van der Waals surface area contributed by atoms with Crippen molar-refractivity contribution >= 4 is 12.0 Å². The fraction of sp³-hybridized carbons (Fsp3) is 0.154. The monoisotopic (exact) mass is 213 g/mol. The smallest absolute Gasteiger partial charge is 0.253 e. The number of amides is 1. The van der Waals surface area contributed by atoms with Crippen molar-refractivity contribution in [2.75, 3.05) is 0 Å². The molecule has 3 heteroatoms. The molecule has 2 bridgehead atoms. The molecule has 1 amide bonds. The standard InChI is InChI=1S/C13H11NO2/c15-12-9-5-1-3-8-4-2-6-10(11(8)7-9)13(16)14-12/h1-6,12,15H,7H2,(H,14,16). The number of rotatable bonds is 0. The van der Waals surface area contributed by atoms with Crippen LogP contribution in [0.5, 0.6) is 0 Å². The highest BCUT2D eigenvalue weighted by Gasteiger charge is 2.25. The van der Waals surface area contributed by atoms with Crippen LogP contribution in [0.1, 0.15) is 21.5 Å². The van der Waals surface area contributed by atoms with Gasteiger partial charge in [0.05, 0.1) is 0 Å². The van der Waals surface area contributed by atoms with Crippen molar-refractivity contribution in [1.82, 2.24) is 5.32 Å². The molecule has 0 spiro atoms. The van der Waals surface area contributed by atoms with Gasteiger partial charge in [-0.2, -0.15) is 0 Å². The number of hydrogen-bond donors (Lipinski definition) is 2. The molecule has 16 heavy (non-hydrogen) atoms. The largest absolute Gasteiger partial charge is 0.370 e. The zero-order valence-electron chi connectivity index (χ0n) is 8.60. The van der Waals surface area contributed by atoms with E-state index in [1.165, 1.54) is 0 Å². The quantitative estimate of drug-likeness (QED) is 0.681. The summed E-state index contributed by atoms with van der Waals surface area (Å²) in [5.74, 6) is -0.206. The van der Waals surface area contributed by atoms with Gasteiger partial charge in [0.1, 0.15) is 6.23 Å². The van der Waals surface area contributed by atoms with Crippen molar-refractivity contribution < 1.29 is 9.90 Å². The average molecular weight is 213 g/mol. The summed E-state index contributed by atoms with van der Waals surface area (Å²) in [7, 11) is 0. The highest BCUT2D eigenvalue weighted by Crippen LogP contribution is 2.26. The number of benzene rings is 1. The summed E-state index contributed by atoms with van der Waals surface area (Å²) in [6, 6.07) is 5.64. The number of fused-ring (bicyclic) bond motifs is 1. The minimum Gasteiger partial charge on any atom is -0.370 e. The Labute approximate surface area is 93.1 Å². The van der Waals surface area contributed by atoms with Crippen LogP contribution in [0.3, 0.4) is 0 Å². The molecule has 0 aromatic heterocycles. The maximum Gasteiger partial charge on any atom is 0.253 e. The first-order valence-corrected chi connectivity index (χ1v) is 5.23. The van der Waals surface area contributed by atoms with Crippen LogP contribution in [-0.4, -0.2) is 17.2 Å². The molecule has 1 aromatic rings. The second kappa shape index (κ2) is 3.32. The Morgan fingerprint density at radius 3 is 3.12 bits per heavy atom. The molecule has 0 saturated heterocycles. The zero-order valence-corrected chi connectivity index (χ0v) is 8.60. The van der Waals surface area contributed by atoms with Crippen molar-refractivity contribution in [2.45, 2.75) is 12.6 Å². The average Bonchev–Trinajstić information content (AvgIpc) is 2.55. The maximum atomic E-state index is 11.8. The van der Waals surface area contributed by atoms with Crippen LogP contribution < -0.4 is 5.32 Å². The molecule has 1 aliphatic carbocycles. The molecule has 1 aromatic carbocycles. The third kappa shape index (κ3) is 1.29. The fourth-order valence-electron chi connectivity index (χ4n) is 2.19. The van der Waals surface area contributed by atoms with E-state index in [1.807, 2.05) is 30.4 Å². The van der Waals surface area contributed by atoms with Gasteiger partial charge in [0, 0.05) is 5.56 Å². The van der Waals surface area contributed by atoms with Crippen molar-refractivity contribution in [2.24, 2.45) is 0 Å². The lowest BCUT2D eigenvalue weighted by molar-refractivity contribution is 0.0847. The summed E-state index contributed by atoms with van der Waals surface area (Å²) in [6.07, 6.45) is 5.48. The van der Waals surface area contributed by atoms with E-state index in [0.717, 1.165) is 16.7 Å². The van der Waals surface area contributed by atoms with Crippen LogP contribution >= 0.6 is 0 Å². The Bertz CT molecular complexity index is 529. The lowest BCUT2D eigenvalue weighted by atomic mass is 9.97. The molecular weight excluding hydrogens is 202 g/mol. The Morgan fingerprint density at radius 2 is 2.25 bits per heavy atom. The van der Waals surface area contributed by atoms with E-state index in [2.05, 4.69) is 5.32 Å². The number of hydrogen-bond acceptors (Lipinski definition) is 2. The number of carbonyl (C=O) groups is 1. The summed E-state index contributed by atoms with van der Waals surface area (Å²) in [4.78, 5) is 11.8. The van der Waals surface area contributed by atoms with Gasteiger partial charge in [-0.25, -0.2) is 0 Å². The van der Waals surface area contributed by atoms with E-state index in [4.69, 9.17) is 0 Å². The van der Waals surface area contributed by atoms with Crippen LogP contribution in [0, 0.1) is 0 Å². The Balaban J connectivity index is 2.29. The van der Waals surface area contributed by atoms with E-state index in [9.17, 15) is 9.90 Å². The molecule has 1 heterocycles.